The molecule has 0 aliphatic carbocycles. The van der Waals surface area contributed by atoms with Gasteiger partial charge in [0.15, 0.2) is 12.4 Å². The number of amides is 4. The van der Waals surface area contributed by atoms with Crippen LogP contribution < -0.4 is 15.0 Å². The molecule has 0 radical (unpaired) electrons. The standard InChI is InChI=1S/C20H14BrClN2O6/c1-10-2-4-12(5-3-10)24-19(28)13(18(27)23-20(24)29)6-11-7-14(21)17(15(22)8-11)30-9-16(25)26/h2-8H,9H2,1H3,(H,25,26)(H,23,27,29)/b13-6+. The number of hydrogen-bond donors (Lipinski definition) is 2. The van der Waals surface area contributed by atoms with Gasteiger partial charge < -0.3 is 9.84 Å². The molecule has 1 heterocycles. The van der Waals surface area contributed by atoms with Gasteiger partial charge in [-0.2, -0.15) is 0 Å². The maximum Gasteiger partial charge on any atom is 0.341 e. The molecular formula is C20H14BrClN2O6. The van der Waals surface area contributed by atoms with Gasteiger partial charge in [0.1, 0.15) is 5.57 Å². The van der Waals surface area contributed by atoms with Gasteiger partial charge in [0, 0.05) is 0 Å². The Kier molecular flexibility index (Phi) is 6.23. The highest BCUT2D eigenvalue weighted by atomic mass is 79.9. The number of halogens is 2. The van der Waals surface area contributed by atoms with Crippen molar-refractivity contribution in [3.63, 3.8) is 0 Å². The molecule has 4 amide bonds. The van der Waals surface area contributed by atoms with Crippen LogP contribution in [0, 0.1) is 6.92 Å². The van der Waals surface area contributed by atoms with Crippen LogP contribution >= 0.6 is 27.5 Å². The van der Waals surface area contributed by atoms with Crippen molar-refractivity contribution in [2.24, 2.45) is 0 Å². The van der Waals surface area contributed by atoms with Gasteiger partial charge in [0.2, 0.25) is 0 Å². The molecule has 0 bridgehead atoms. The van der Waals surface area contributed by atoms with Gasteiger partial charge in [-0.3, -0.25) is 14.9 Å². The monoisotopic (exact) mass is 492 g/mol. The number of carbonyl (C=O) groups is 4. The van der Waals surface area contributed by atoms with Crippen molar-refractivity contribution >= 4 is 63.1 Å². The van der Waals surface area contributed by atoms with E-state index in [1.54, 1.807) is 24.3 Å². The lowest BCUT2D eigenvalue weighted by Gasteiger charge is -2.26. The number of anilines is 1. The van der Waals surface area contributed by atoms with Crippen LogP contribution in [0.5, 0.6) is 5.75 Å². The third-order valence-corrected chi connectivity index (χ3v) is 4.94. The zero-order chi connectivity index (χ0) is 22.0. The van der Waals surface area contributed by atoms with Crippen molar-refractivity contribution in [1.29, 1.82) is 0 Å². The first-order valence-corrected chi connectivity index (χ1v) is 9.66. The van der Waals surface area contributed by atoms with Gasteiger partial charge in [0.05, 0.1) is 15.2 Å². The van der Waals surface area contributed by atoms with E-state index in [1.807, 2.05) is 6.92 Å². The van der Waals surface area contributed by atoms with Crippen molar-refractivity contribution in [2.75, 3.05) is 11.5 Å². The molecule has 2 aromatic rings. The molecule has 10 heteroatoms. The van der Waals surface area contributed by atoms with Crippen LogP contribution in [0.1, 0.15) is 11.1 Å². The molecule has 8 nitrogen and oxygen atoms in total. The minimum atomic E-state index is -1.17. The van der Waals surface area contributed by atoms with Crippen molar-refractivity contribution in [1.82, 2.24) is 5.32 Å². The third kappa shape index (κ3) is 4.52. The van der Waals surface area contributed by atoms with Gasteiger partial charge in [-0.05, 0) is 58.8 Å². The second-order valence-electron chi connectivity index (χ2n) is 6.29. The van der Waals surface area contributed by atoms with Gasteiger partial charge in [-0.15, -0.1) is 0 Å². The summed E-state index contributed by atoms with van der Waals surface area (Å²) in [5, 5.41) is 11.0. The maximum atomic E-state index is 12.9. The van der Waals surface area contributed by atoms with E-state index in [9.17, 15) is 19.2 Å². The number of benzene rings is 2. The van der Waals surface area contributed by atoms with Crippen LogP contribution in [0.4, 0.5) is 10.5 Å². The molecule has 0 saturated carbocycles. The Morgan fingerprint density at radius 2 is 1.90 bits per heavy atom. The number of aryl methyl sites for hydroxylation is 1. The van der Waals surface area contributed by atoms with E-state index in [2.05, 4.69) is 21.2 Å². The van der Waals surface area contributed by atoms with Crippen LogP contribution in [0.3, 0.4) is 0 Å². The highest BCUT2D eigenvalue weighted by molar-refractivity contribution is 9.10. The van der Waals surface area contributed by atoms with Crippen molar-refractivity contribution in [2.45, 2.75) is 6.92 Å². The first-order chi connectivity index (χ1) is 14.2. The molecule has 0 aromatic heterocycles. The highest BCUT2D eigenvalue weighted by Gasteiger charge is 2.36. The van der Waals surface area contributed by atoms with E-state index >= 15 is 0 Å². The van der Waals surface area contributed by atoms with Crippen LogP contribution in [0.25, 0.3) is 6.08 Å². The Labute approximate surface area is 184 Å². The van der Waals surface area contributed by atoms with E-state index in [4.69, 9.17) is 21.4 Å². The van der Waals surface area contributed by atoms with E-state index in [1.165, 1.54) is 18.2 Å². The number of barbiturate groups is 1. The first-order valence-electron chi connectivity index (χ1n) is 8.49. The number of imide groups is 2. The number of nitrogens with one attached hydrogen (secondary N) is 1. The molecule has 2 aromatic carbocycles. The summed E-state index contributed by atoms with van der Waals surface area (Å²) in [6.07, 6.45) is 1.28. The number of hydrogen-bond acceptors (Lipinski definition) is 5. The minimum Gasteiger partial charge on any atom is -0.479 e. The number of carbonyl (C=O) groups excluding carboxylic acids is 3. The van der Waals surface area contributed by atoms with Gasteiger partial charge in [-0.25, -0.2) is 14.5 Å². The first kappa shape index (κ1) is 21.5. The second-order valence-corrected chi connectivity index (χ2v) is 7.55. The number of carboxylic acid groups (broad SMARTS) is 1. The van der Waals surface area contributed by atoms with Crippen molar-refractivity contribution in [3.8, 4) is 5.75 Å². The lowest BCUT2D eigenvalue weighted by molar-refractivity contribution is -0.139. The summed E-state index contributed by atoms with van der Waals surface area (Å²) in [6, 6.07) is 8.74. The summed E-state index contributed by atoms with van der Waals surface area (Å²) >= 11 is 9.37. The number of nitrogens with zero attached hydrogens (tertiary/aromatic N) is 1. The number of carboxylic acids is 1. The Balaban J connectivity index is 1.96. The summed E-state index contributed by atoms with van der Waals surface area (Å²) in [5.74, 6) is -2.69. The fourth-order valence-corrected chi connectivity index (χ4v) is 3.68. The molecular weight excluding hydrogens is 480 g/mol. The van der Waals surface area contributed by atoms with Crippen LogP contribution in [-0.4, -0.2) is 35.5 Å². The molecule has 154 valence electrons. The summed E-state index contributed by atoms with van der Waals surface area (Å²) < 4.78 is 5.45. The molecule has 1 aliphatic heterocycles. The number of urea groups is 1. The normalized spacial score (nSPS) is 15.4. The lowest BCUT2D eigenvalue weighted by atomic mass is 10.1. The molecule has 1 saturated heterocycles. The number of aliphatic carboxylic acids is 1. The second kappa shape index (κ2) is 8.68. The highest BCUT2D eigenvalue weighted by Crippen LogP contribution is 2.35. The van der Waals surface area contributed by atoms with Crippen LogP contribution in [0.2, 0.25) is 5.02 Å². The zero-order valence-electron chi connectivity index (χ0n) is 15.4. The fourth-order valence-electron chi connectivity index (χ4n) is 2.69. The summed E-state index contributed by atoms with van der Waals surface area (Å²) in [7, 11) is 0. The molecule has 0 unspecified atom stereocenters. The number of ether oxygens (including phenoxy) is 1. The Hall–Kier alpha value is -3.17. The van der Waals surface area contributed by atoms with Crippen LogP contribution in [-0.2, 0) is 14.4 Å². The minimum absolute atomic E-state index is 0.0765. The quantitative estimate of drug-likeness (QED) is 0.487. The van der Waals surface area contributed by atoms with E-state index in [-0.39, 0.29) is 16.3 Å². The molecule has 2 N–H and O–H groups in total. The van der Waals surface area contributed by atoms with Gasteiger partial charge in [0.25, 0.3) is 11.8 Å². The Morgan fingerprint density at radius 1 is 1.23 bits per heavy atom. The average molecular weight is 494 g/mol. The molecule has 0 spiro atoms. The predicted molar refractivity (Wildman–Crippen MR) is 112 cm³/mol. The average Bonchev–Trinajstić information content (AvgIpc) is 2.65. The lowest BCUT2D eigenvalue weighted by Crippen LogP contribution is -2.54. The maximum absolute atomic E-state index is 12.9. The SMILES string of the molecule is Cc1ccc(N2C(=O)NC(=O)/C(=C\c3cc(Cl)c(OCC(=O)O)c(Br)c3)C2=O)cc1. The molecule has 1 fully saturated rings. The summed E-state index contributed by atoms with van der Waals surface area (Å²) in [4.78, 5) is 49.0. The zero-order valence-corrected chi connectivity index (χ0v) is 17.8. The summed E-state index contributed by atoms with van der Waals surface area (Å²) in [5.41, 5.74) is 1.36. The van der Waals surface area contributed by atoms with Crippen LogP contribution in [0.15, 0.2) is 46.4 Å². The van der Waals surface area contributed by atoms with E-state index in [0.29, 0.717) is 15.7 Å². The van der Waals surface area contributed by atoms with Gasteiger partial charge >= 0.3 is 12.0 Å². The Bertz CT molecular complexity index is 1070. The fraction of sp³-hybridized carbons (Fsp3) is 0.100. The van der Waals surface area contributed by atoms with E-state index in [0.717, 1.165) is 10.5 Å². The topological polar surface area (TPSA) is 113 Å². The van der Waals surface area contributed by atoms with Gasteiger partial charge in [-0.1, -0.05) is 29.3 Å². The number of rotatable bonds is 5. The summed E-state index contributed by atoms with van der Waals surface area (Å²) in [6.45, 7) is 1.27. The Morgan fingerprint density at radius 3 is 2.50 bits per heavy atom. The largest absolute Gasteiger partial charge is 0.479 e. The van der Waals surface area contributed by atoms with E-state index < -0.39 is 30.4 Å². The molecule has 30 heavy (non-hydrogen) atoms. The van der Waals surface area contributed by atoms with Crippen molar-refractivity contribution in [3.05, 3.63) is 62.6 Å². The third-order valence-electron chi connectivity index (χ3n) is 4.07. The van der Waals surface area contributed by atoms with Crippen molar-refractivity contribution < 1.29 is 29.0 Å². The molecule has 1 aliphatic rings. The molecule has 0 atom stereocenters. The molecule has 3 rings (SSSR count). The predicted octanol–water partition coefficient (Wildman–Crippen LogP) is 3.54. The smallest absolute Gasteiger partial charge is 0.341 e.